The van der Waals surface area contributed by atoms with Gasteiger partial charge < -0.3 is 15.2 Å². The molecule has 20 heavy (non-hydrogen) atoms. The van der Waals surface area contributed by atoms with Crippen LogP contribution in [0.25, 0.3) is 0 Å². The minimum Gasteiger partial charge on any atom is -0.494 e. The Labute approximate surface area is 122 Å². The summed E-state index contributed by atoms with van der Waals surface area (Å²) in [6, 6.07) is 7.99. The zero-order valence-corrected chi connectivity index (χ0v) is 12.5. The Morgan fingerprint density at radius 3 is 2.55 bits per heavy atom. The molecule has 0 aromatic heterocycles. The van der Waals surface area contributed by atoms with Gasteiger partial charge in [0.05, 0.1) is 19.3 Å². The van der Waals surface area contributed by atoms with E-state index in [4.69, 9.17) is 15.2 Å². The zero-order chi connectivity index (χ0) is 14.2. The molecule has 2 N–H and O–H groups in total. The van der Waals surface area contributed by atoms with E-state index in [1.807, 2.05) is 24.3 Å². The largest absolute Gasteiger partial charge is 0.494 e. The average molecular weight is 277 g/mol. The van der Waals surface area contributed by atoms with E-state index < -0.39 is 0 Å². The van der Waals surface area contributed by atoms with E-state index in [1.165, 1.54) is 25.7 Å². The molecule has 2 rings (SSSR count). The lowest BCUT2D eigenvalue weighted by Gasteiger charge is -2.25. The molecule has 1 atom stereocenters. The summed E-state index contributed by atoms with van der Waals surface area (Å²) < 4.78 is 11.3. The molecule has 1 aromatic rings. The van der Waals surface area contributed by atoms with Crippen LogP contribution in [0.1, 0.15) is 50.6 Å². The van der Waals surface area contributed by atoms with Gasteiger partial charge in [0.25, 0.3) is 0 Å². The van der Waals surface area contributed by atoms with Crippen LogP contribution in [0.3, 0.4) is 0 Å². The van der Waals surface area contributed by atoms with Gasteiger partial charge in [0.15, 0.2) is 0 Å². The number of nitrogens with two attached hydrogens (primary N) is 1. The molecule has 1 saturated carbocycles. The van der Waals surface area contributed by atoms with E-state index in [0.717, 1.165) is 36.9 Å². The third-order valence-electron chi connectivity index (χ3n) is 3.97. The Hall–Kier alpha value is -1.06. The van der Waals surface area contributed by atoms with Gasteiger partial charge in [0.1, 0.15) is 5.75 Å². The van der Waals surface area contributed by atoms with Crippen LogP contribution in [0.5, 0.6) is 5.75 Å². The lowest BCUT2D eigenvalue weighted by Crippen LogP contribution is -2.19. The van der Waals surface area contributed by atoms with Crippen molar-refractivity contribution in [3.05, 3.63) is 29.8 Å². The topological polar surface area (TPSA) is 44.5 Å². The van der Waals surface area contributed by atoms with E-state index in [9.17, 15) is 0 Å². The van der Waals surface area contributed by atoms with Gasteiger partial charge in [-0.2, -0.15) is 0 Å². The minimum atomic E-state index is -0.0448. The molecular formula is C17H27NO2. The molecule has 0 saturated heterocycles. The summed E-state index contributed by atoms with van der Waals surface area (Å²) in [5.74, 6) is 1.81. The van der Waals surface area contributed by atoms with E-state index >= 15 is 0 Å². The molecule has 3 nitrogen and oxygen atoms in total. The van der Waals surface area contributed by atoms with Gasteiger partial charge in [-0.1, -0.05) is 38.3 Å². The van der Waals surface area contributed by atoms with Crippen molar-refractivity contribution in [3.8, 4) is 5.75 Å². The van der Waals surface area contributed by atoms with Gasteiger partial charge in [-0.15, -0.1) is 0 Å². The third-order valence-corrected chi connectivity index (χ3v) is 3.97. The predicted octanol–water partition coefficient (Wildman–Crippen LogP) is 3.68. The van der Waals surface area contributed by atoms with Crippen LogP contribution in [0.15, 0.2) is 24.3 Å². The number of hydrogen-bond acceptors (Lipinski definition) is 3. The van der Waals surface area contributed by atoms with Crippen LogP contribution >= 0.6 is 0 Å². The highest BCUT2D eigenvalue weighted by atomic mass is 16.5. The van der Waals surface area contributed by atoms with Crippen molar-refractivity contribution in [1.29, 1.82) is 0 Å². The maximum absolute atomic E-state index is 6.14. The van der Waals surface area contributed by atoms with Gasteiger partial charge >= 0.3 is 0 Å². The van der Waals surface area contributed by atoms with Crippen molar-refractivity contribution in [2.24, 2.45) is 11.7 Å². The molecule has 1 aliphatic carbocycles. The maximum atomic E-state index is 6.14. The molecule has 0 radical (unpaired) electrons. The first-order valence-electron chi connectivity index (χ1n) is 7.85. The SMILES string of the molecule is CCCOc1ccc(C(N)COCCC2CCC2)cc1. The average Bonchev–Trinajstić information content (AvgIpc) is 2.43. The fourth-order valence-corrected chi connectivity index (χ4v) is 2.37. The second-order valence-corrected chi connectivity index (χ2v) is 5.68. The summed E-state index contributed by atoms with van der Waals surface area (Å²) in [4.78, 5) is 0. The van der Waals surface area contributed by atoms with Gasteiger partial charge in [0.2, 0.25) is 0 Å². The molecule has 0 heterocycles. The van der Waals surface area contributed by atoms with Crippen LogP contribution in [0, 0.1) is 5.92 Å². The van der Waals surface area contributed by atoms with Gasteiger partial charge in [-0.05, 0) is 36.5 Å². The van der Waals surface area contributed by atoms with Crippen LogP contribution in [-0.4, -0.2) is 19.8 Å². The molecule has 0 amide bonds. The van der Waals surface area contributed by atoms with Crippen LogP contribution in [-0.2, 0) is 4.74 Å². The van der Waals surface area contributed by atoms with E-state index in [-0.39, 0.29) is 6.04 Å². The molecule has 1 aliphatic rings. The lowest BCUT2D eigenvalue weighted by atomic mass is 9.83. The fraction of sp³-hybridized carbons (Fsp3) is 0.647. The van der Waals surface area contributed by atoms with Crippen molar-refractivity contribution >= 4 is 0 Å². The van der Waals surface area contributed by atoms with Crippen molar-refractivity contribution in [3.63, 3.8) is 0 Å². The Bertz CT molecular complexity index is 373. The number of ether oxygens (including phenoxy) is 2. The Balaban J connectivity index is 1.66. The molecule has 1 fully saturated rings. The molecular weight excluding hydrogens is 250 g/mol. The standard InChI is InChI=1S/C17H27NO2/c1-2-11-20-16-8-6-15(7-9-16)17(18)13-19-12-10-14-4-3-5-14/h6-9,14,17H,2-5,10-13,18H2,1H3. The summed E-state index contributed by atoms with van der Waals surface area (Å²) in [5, 5.41) is 0. The molecule has 0 bridgehead atoms. The van der Waals surface area contributed by atoms with Gasteiger partial charge in [-0.3, -0.25) is 0 Å². The zero-order valence-electron chi connectivity index (χ0n) is 12.5. The molecule has 3 heteroatoms. The van der Waals surface area contributed by atoms with E-state index in [1.54, 1.807) is 0 Å². The summed E-state index contributed by atoms with van der Waals surface area (Å²) in [7, 11) is 0. The predicted molar refractivity (Wildman–Crippen MR) is 81.9 cm³/mol. The van der Waals surface area contributed by atoms with Crippen LogP contribution < -0.4 is 10.5 Å². The van der Waals surface area contributed by atoms with Crippen LogP contribution in [0.2, 0.25) is 0 Å². The second kappa shape index (κ2) is 8.28. The summed E-state index contributed by atoms with van der Waals surface area (Å²) in [6.07, 6.45) is 6.38. The lowest BCUT2D eigenvalue weighted by molar-refractivity contribution is 0.0962. The highest BCUT2D eigenvalue weighted by Gasteiger charge is 2.16. The number of hydrogen-bond donors (Lipinski definition) is 1. The van der Waals surface area contributed by atoms with Crippen molar-refractivity contribution in [2.45, 2.75) is 45.1 Å². The molecule has 0 spiro atoms. The van der Waals surface area contributed by atoms with Crippen LogP contribution in [0.4, 0.5) is 0 Å². The monoisotopic (exact) mass is 277 g/mol. The molecule has 112 valence electrons. The highest BCUT2D eigenvalue weighted by molar-refractivity contribution is 5.29. The first-order valence-corrected chi connectivity index (χ1v) is 7.85. The van der Waals surface area contributed by atoms with E-state index in [2.05, 4.69) is 6.92 Å². The molecule has 1 aromatic carbocycles. The minimum absolute atomic E-state index is 0.0448. The maximum Gasteiger partial charge on any atom is 0.119 e. The van der Waals surface area contributed by atoms with Gasteiger partial charge in [-0.25, -0.2) is 0 Å². The Morgan fingerprint density at radius 1 is 1.20 bits per heavy atom. The smallest absolute Gasteiger partial charge is 0.119 e. The quantitative estimate of drug-likeness (QED) is 0.700. The first kappa shape index (κ1) is 15.3. The summed E-state index contributed by atoms with van der Waals surface area (Å²) in [6.45, 7) is 4.30. The molecule has 1 unspecified atom stereocenters. The van der Waals surface area contributed by atoms with Crippen molar-refractivity contribution < 1.29 is 9.47 Å². The highest BCUT2D eigenvalue weighted by Crippen LogP contribution is 2.29. The Kier molecular flexibility index (Phi) is 6.34. The number of benzene rings is 1. The van der Waals surface area contributed by atoms with E-state index in [0.29, 0.717) is 6.61 Å². The third kappa shape index (κ3) is 4.80. The van der Waals surface area contributed by atoms with Crippen molar-refractivity contribution in [2.75, 3.05) is 19.8 Å². The second-order valence-electron chi connectivity index (χ2n) is 5.68. The first-order chi connectivity index (χ1) is 9.79. The normalized spacial score (nSPS) is 16.7. The fourth-order valence-electron chi connectivity index (χ4n) is 2.37. The Morgan fingerprint density at radius 2 is 1.95 bits per heavy atom. The van der Waals surface area contributed by atoms with Gasteiger partial charge in [0, 0.05) is 6.61 Å². The van der Waals surface area contributed by atoms with Crippen molar-refractivity contribution in [1.82, 2.24) is 0 Å². The number of rotatable bonds is 9. The molecule has 0 aliphatic heterocycles. The summed E-state index contributed by atoms with van der Waals surface area (Å²) in [5.41, 5.74) is 7.25. The summed E-state index contributed by atoms with van der Waals surface area (Å²) >= 11 is 0.